The van der Waals surface area contributed by atoms with Crippen molar-refractivity contribution in [3.05, 3.63) is 29.0 Å². The summed E-state index contributed by atoms with van der Waals surface area (Å²) < 4.78 is 10.6. The van der Waals surface area contributed by atoms with Gasteiger partial charge in [-0.1, -0.05) is 23.2 Å². The zero-order chi connectivity index (χ0) is 20.8. The molecule has 1 N–H and O–H groups in total. The number of hydrogen-bond donors (Lipinski definition) is 1. The number of methoxy groups -OCH3 is 1. The Hall–Kier alpha value is -2.43. The molecule has 2 aliphatic rings. The molecular weight excluding hydrogens is 416 g/mol. The molecule has 0 radical (unpaired) electrons. The van der Waals surface area contributed by atoms with E-state index < -0.39 is 5.41 Å². The Morgan fingerprint density at radius 1 is 1.33 bits per heavy atom. The first kappa shape index (κ1) is 19.5. The molecule has 2 aliphatic carbocycles. The van der Waals surface area contributed by atoms with Crippen LogP contribution < -0.4 is 4.72 Å². The van der Waals surface area contributed by atoms with Crippen molar-refractivity contribution >= 4 is 28.9 Å². The number of rotatable bonds is 6. The van der Waals surface area contributed by atoms with Crippen LogP contribution >= 0.6 is 23.3 Å². The lowest BCUT2D eigenvalue weighted by Gasteiger charge is -2.11. The molecule has 0 atom stereocenters. The van der Waals surface area contributed by atoms with Gasteiger partial charge in [-0.3, -0.25) is 9.12 Å². The van der Waals surface area contributed by atoms with Gasteiger partial charge in [0.05, 0.1) is 17.8 Å². The smallest absolute Gasteiger partial charge is 0.166 e. The first-order chi connectivity index (χ1) is 14.6. The third-order valence-corrected chi connectivity index (χ3v) is 7.66. The van der Waals surface area contributed by atoms with E-state index in [1.165, 1.54) is 24.2 Å². The van der Waals surface area contributed by atoms with Crippen molar-refractivity contribution in [1.29, 1.82) is 5.26 Å². The largest absolute Gasteiger partial charge is 0.372 e. The molecule has 2 fully saturated rings. The second-order valence-corrected chi connectivity index (χ2v) is 9.89. The van der Waals surface area contributed by atoms with Crippen molar-refractivity contribution in [1.82, 2.24) is 24.3 Å². The average Bonchev–Trinajstić information content (AvgIpc) is 3.59. The molecule has 7 nitrogen and oxygen atoms in total. The Balaban J connectivity index is 1.55. The normalized spacial score (nSPS) is 17.9. The van der Waals surface area contributed by atoms with Crippen molar-refractivity contribution in [2.75, 3.05) is 13.7 Å². The summed E-state index contributed by atoms with van der Waals surface area (Å²) in [5.41, 5.74) is 2.25. The van der Waals surface area contributed by atoms with Gasteiger partial charge in [0.15, 0.2) is 10.7 Å². The fourth-order valence-corrected chi connectivity index (χ4v) is 5.01. The Morgan fingerprint density at radius 3 is 2.87 bits per heavy atom. The van der Waals surface area contributed by atoms with Crippen LogP contribution in [0.25, 0.3) is 16.3 Å². The highest BCUT2D eigenvalue weighted by atomic mass is 32.2. The molecule has 9 heteroatoms. The van der Waals surface area contributed by atoms with Gasteiger partial charge in [0.2, 0.25) is 0 Å². The number of nitrogens with one attached hydrogen (secondary N) is 1. The summed E-state index contributed by atoms with van der Waals surface area (Å²) in [6, 6.07) is 4.45. The zero-order valence-corrected chi connectivity index (χ0v) is 18.4. The van der Waals surface area contributed by atoms with Crippen LogP contribution in [0.2, 0.25) is 0 Å². The van der Waals surface area contributed by atoms with Crippen molar-refractivity contribution in [3.8, 4) is 28.6 Å². The number of fused-ring (bicyclic) bond motifs is 1. The third kappa shape index (κ3) is 3.59. The zero-order valence-electron chi connectivity index (χ0n) is 16.7. The minimum atomic E-state index is -0.433. The van der Waals surface area contributed by atoms with Gasteiger partial charge in [0.25, 0.3) is 0 Å². The van der Waals surface area contributed by atoms with Crippen molar-refractivity contribution in [2.24, 2.45) is 0 Å². The minimum Gasteiger partial charge on any atom is -0.372 e. The molecule has 0 bridgehead atoms. The lowest BCUT2D eigenvalue weighted by molar-refractivity contribution is 0.240. The third-order valence-electron chi connectivity index (χ3n) is 5.45. The highest BCUT2D eigenvalue weighted by Crippen LogP contribution is 2.49. The maximum absolute atomic E-state index is 9.46. The van der Waals surface area contributed by atoms with Crippen molar-refractivity contribution < 1.29 is 4.74 Å². The number of imidazole rings is 1. The van der Waals surface area contributed by atoms with E-state index in [1.54, 1.807) is 25.3 Å². The molecule has 3 aromatic heterocycles. The van der Waals surface area contributed by atoms with Gasteiger partial charge in [0, 0.05) is 23.7 Å². The molecule has 0 aliphatic heterocycles. The standard InChI is InChI=1S/C21H20N6OS2/c1-20(5-6-20)26-30-15-10-14(4-3-9-28-2)17-23-11-16(27(17)12-15)18-24-25-19(29-18)21(13-22)7-8-21/h10-12,26H,5-9H2,1-2H3. The van der Waals surface area contributed by atoms with E-state index in [0.29, 0.717) is 6.61 Å². The van der Waals surface area contributed by atoms with Gasteiger partial charge >= 0.3 is 0 Å². The molecule has 3 aromatic rings. The van der Waals surface area contributed by atoms with Gasteiger partial charge in [0.1, 0.15) is 22.7 Å². The Labute approximate surface area is 183 Å². The lowest BCUT2D eigenvalue weighted by atomic mass is 10.1. The van der Waals surface area contributed by atoms with Crippen LogP contribution in [-0.2, 0) is 10.2 Å². The molecule has 152 valence electrons. The van der Waals surface area contributed by atoms with E-state index in [9.17, 15) is 5.26 Å². The predicted molar refractivity (Wildman–Crippen MR) is 116 cm³/mol. The van der Waals surface area contributed by atoms with Crippen LogP contribution in [0.5, 0.6) is 0 Å². The molecule has 30 heavy (non-hydrogen) atoms. The van der Waals surface area contributed by atoms with Gasteiger partial charge in [-0.15, -0.1) is 10.2 Å². The van der Waals surface area contributed by atoms with E-state index >= 15 is 0 Å². The molecule has 0 aromatic carbocycles. The highest BCUT2D eigenvalue weighted by molar-refractivity contribution is 7.97. The summed E-state index contributed by atoms with van der Waals surface area (Å²) >= 11 is 3.09. The molecule has 0 unspecified atom stereocenters. The van der Waals surface area contributed by atoms with Crippen molar-refractivity contribution in [3.63, 3.8) is 0 Å². The van der Waals surface area contributed by atoms with E-state index in [-0.39, 0.29) is 5.54 Å². The van der Waals surface area contributed by atoms with E-state index in [0.717, 1.165) is 44.7 Å². The van der Waals surface area contributed by atoms with Crippen LogP contribution in [0.1, 0.15) is 43.2 Å². The fourth-order valence-electron chi connectivity index (χ4n) is 3.06. The predicted octanol–water partition coefficient (Wildman–Crippen LogP) is 3.56. The van der Waals surface area contributed by atoms with Gasteiger partial charge in [-0.2, -0.15) is 5.26 Å². The highest BCUT2D eigenvalue weighted by Gasteiger charge is 2.48. The summed E-state index contributed by atoms with van der Waals surface area (Å²) in [5.74, 6) is 6.21. The van der Waals surface area contributed by atoms with Crippen LogP contribution in [-0.4, -0.2) is 38.8 Å². The maximum atomic E-state index is 9.46. The SMILES string of the molecule is COCC#Cc1cc(SNC2(C)CC2)cn2c(-c3nnc(C4(C#N)CC4)s3)cnc12. The van der Waals surface area contributed by atoms with Crippen LogP contribution in [0.4, 0.5) is 0 Å². The Bertz CT molecular complexity index is 1220. The number of nitrogens with zero attached hydrogens (tertiary/aromatic N) is 5. The Morgan fingerprint density at radius 2 is 2.17 bits per heavy atom. The molecular formula is C21H20N6OS2. The van der Waals surface area contributed by atoms with E-state index in [4.69, 9.17) is 4.74 Å². The first-order valence-electron chi connectivity index (χ1n) is 9.74. The Kier molecular flexibility index (Phi) is 4.79. The molecule has 2 saturated carbocycles. The minimum absolute atomic E-state index is 0.212. The average molecular weight is 437 g/mol. The maximum Gasteiger partial charge on any atom is 0.166 e. The summed E-state index contributed by atoms with van der Waals surface area (Å²) in [4.78, 5) is 5.66. The number of ether oxygens (including phenoxy) is 1. The molecule has 5 rings (SSSR count). The van der Waals surface area contributed by atoms with Gasteiger partial charge < -0.3 is 4.74 Å². The number of pyridine rings is 1. The molecule has 0 saturated heterocycles. The number of aromatic nitrogens is 4. The fraction of sp³-hybridized carbons (Fsp3) is 0.429. The lowest BCUT2D eigenvalue weighted by Crippen LogP contribution is -2.20. The number of hydrogen-bond acceptors (Lipinski definition) is 8. The monoisotopic (exact) mass is 436 g/mol. The summed E-state index contributed by atoms with van der Waals surface area (Å²) in [7, 11) is 1.63. The molecule has 3 heterocycles. The summed E-state index contributed by atoms with van der Waals surface area (Å²) in [5, 5.41) is 19.7. The van der Waals surface area contributed by atoms with Crippen LogP contribution in [0.15, 0.2) is 23.4 Å². The van der Waals surface area contributed by atoms with Crippen molar-refractivity contribution in [2.45, 2.75) is 48.5 Å². The quantitative estimate of drug-likeness (QED) is 0.467. The van der Waals surface area contributed by atoms with E-state index in [2.05, 4.69) is 57.0 Å². The molecule has 0 amide bonds. The summed E-state index contributed by atoms with van der Waals surface area (Å²) in [6.45, 7) is 2.59. The van der Waals surface area contributed by atoms with Gasteiger partial charge in [-0.05, 0) is 50.6 Å². The first-order valence-corrected chi connectivity index (χ1v) is 11.4. The summed E-state index contributed by atoms with van der Waals surface area (Å²) in [6.07, 6.45) is 7.95. The van der Waals surface area contributed by atoms with E-state index in [1.807, 2.05) is 4.40 Å². The van der Waals surface area contributed by atoms with Crippen LogP contribution in [0, 0.1) is 23.2 Å². The van der Waals surface area contributed by atoms with Gasteiger partial charge in [-0.25, -0.2) is 4.98 Å². The second-order valence-electron chi connectivity index (χ2n) is 8.03. The van der Waals surface area contributed by atoms with Crippen LogP contribution in [0.3, 0.4) is 0 Å². The number of nitriles is 1. The topological polar surface area (TPSA) is 88.1 Å². The molecule has 0 spiro atoms. The second kappa shape index (κ2) is 7.36.